The predicted molar refractivity (Wildman–Crippen MR) is 79.9 cm³/mol. The summed E-state index contributed by atoms with van der Waals surface area (Å²) in [6, 6.07) is 0.583. The lowest BCUT2D eigenvalue weighted by Gasteiger charge is -2.23. The molecular formula is C14H27N3S. The Morgan fingerprint density at radius 1 is 1.33 bits per heavy atom. The summed E-state index contributed by atoms with van der Waals surface area (Å²) in [6.45, 7) is 15.1. The maximum absolute atomic E-state index is 4.69. The Balaban J connectivity index is 2.42. The molecule has 0 saturated carbocycles. The van der Waals surface area contributed by atoms with Gasteiger partial charge in [-0.2, -0.15) is 0 Å². The van der Waals surface area contributed by atoms with Crippen molar-refractivity contribution < 1.29 is 0 Å². The Morgan fingerprint density at radius 2 is 2.06 bits per heavy atom. The van der Waals surface area contributed by atoms with Crippen molar-refractivity contribution >= 4 is 11.3 Å². The highest BCUT2D eigenvalue weighted by Crippen LogP contribution is 2.13. The highest BCUT2D eigenvalue weighted by molar-refractivity contribution is 7.09. The van der Waals surface area contributed by atoms with Crippen molar-refractivity contribution in [1.82, 2.24) is 15.2 Å². The summed E-state index contributed by atoms with van der Waals surface area (Å²) in [5, 5.41) is 6.83. The van der Waals surface area contributed by atoms with Crippen LogP contribution in [0.3, 0.4) is 0 Å². The minimum Gasteiger partial charge on any atom is -0.310 e. The number of rotatable bonds is 8. The average molecular weight is 269 g/mol. The standard InChI is InChI=1S/C14H27N3S/c1-6-17(12(4)5)9-13-10-18-14(16-13)8-15-7-11(2)3/h10-12,15H,6-9H2,1-5H3. The third-order valence-corrected chi connectivity index (χ3v) is 3.83. The molecule has 3 nitrogen and oxygen atoms in total. The minimum absolute atomic E-state index is 0.583. The third-order valence-electron chi connectivity index (χ3n) is 2.93. The van der Waals surface area contributed by atoms with Gasteiger partial charge in [-0.05, 0) is 32.9 Å². The van der Waals surface area contributed by atoms with Gasteiger partial charge in [-0.25, -0.2) is 4.98 Å². The largest absolute Gasteiger partial charge is 0.310 e. The van der Waals surface area contributed by atoms with Gasteiger partial charge in [0.05, 0.1) is 5.69 Å². The zero-order valence-electron chi connectivity index (χ0n) is 12.4. The fourth-order valence-corrected chi connectivity index (χ4v) is 2.59. The summed E-state index contributed by atoms with van der Waals surface area (Å²) in [6.07, 6.45) is 0. The molecule has 0 aliphatic rings. The lowest BCUT2D eigenvalue weighted by Crippen LogP contribution is -2.30. The van der Waals surface area contributed by atoms with Crippen LogP contribution in [0, 0.1) is 5.92 Å². The van der Waals surface area contributed by atoms with Crippen LogP contribution < -0.4 is 5.32 Å². The highest BCUT2D eigenvalue weighted by Gasteiger charge is 2.10. The van der Waals surface area contributed by atoms with Crippen molar-refractivity contribution in [2.45, 2.75) is 53.8 Å². The van der Waals surface area contributed by atoms with Gasteiger partial charge in [-0.1, -0.05) is 20.8 Å². The molecule has 104 valence electrons. The fraction of sp³-hybridized carbons (Fsp3) is 0.786. The lowest BCUT2D eigenvalue weighted by atomic mass is 10.2. The van der Waals surface area contributed by atoms with Crippen LogP contribution in [0.15, 0.2) is 5.38 Å². The zero-order valence-corrected chi connectivity index (χ0v) is 13.2. The second-order valence-electron chi connectivity index (χ2n) is 5.41. The normalized spacial score (nSPS) is 12.0. The number of nitrogens with one attached hydrogen (secondary N) is 1. The van der Waals surface area contributed by atoms with Crippen molar-refractivity contribution in [1.29, 1.82) is 0 Å². The maximum atomic E-state index is 4.69. The molecule has 0 unspecified atom stereocenters. The maximum Gasteiger partial charge on any atom is 0.107 e. The molecule has 0 spiro atoms. The van der Waals surface area contributed by atoms with Crippen LogP contribution in [-0.4, -0.2) is 29.0 Å². The van der Waals surface area contributed by atoms with Crippen molar-refractivity contribution in [2.75, 3.05) is 13.1 Å². The molecule has 0 amide bonds. The molecule has 1 rings (SSSR count). The number of hydrogen-bond donors (Lipinski definition) is 1. The number of aromatic nitrogens is 1. The molecule has 0 aliphatic carbocycles. The Morgan fingerprint density at radius 3 is 2.61 bits per heavy atom. The van der Waals surface area contributed by atoms with Crippen molar-refractivity contribution in [3.05, 3.63) is 16.1 Å². The van der Waals surface area contributed by atoms with Crippen molar-refractivity contribution in [3.8, 4) is 0 Å². The number of hydrogen-bond acceptors (Lipinski definition) is 4. The number of thiazole rings is 1. The van der Waals surface area contributed by atoms with E-state index in [2.05, 4.69) is 50.2 Å². The third kappa shape index (κ3) is 5.46. The first-order valence-corrected chi connectivity index (χ1v) is 7.78. The highest BCUT2D eigenvalue weighted by atomic mass is 32.1. The molecule has 1 aromatic rings. The molecule has 1 N–H and O–H groups in total. The van der Waals surface area contributed by atoms with Gasteiger partial charge in [0.15, 0.2) is 0 Å². The summed E-state index contributed by atoms with van der Waals surface area (Å²) >= 11 is 1.77. The molecule has 1 heterocycles. The molecule has 0 atom stereocenters. The first-order valence-electron chi connectivity index (χ1n) is 6.91. The van der Waals surface area contributed by atoms with E-state index in [1.807, 2.05) is 0 Å². The molecule has 0 bridgehead atoms. The molecule has 0 aliphatic heterocycles. The SMILES string of the molecule is CCN(Cc1csc(CNCC(C)C)n1)C(C)C. The van der Waals surface area contributed by atoms with Crippen LogP contribution in [0.4, 0.5) is 0 Å². The van der Waals surface area contributed by atoms with E-state index in [0.717, 1.165) is 26.2 Å². The molecule has 4 heteroatoms. The predicted octanol–water partition coefficient (Wildman–Crippen LogP) is 3.12. The van der Waals surface area contributed by atoms with Crippen LogP contribution in [0.25, 0.3) is 0 Å². The zero-order chi connectivity index (χ0) is 13.5. The van der Waals surface area contributed by atoms with Gasteiger partial charge < -0.3 is 5.32 Å². The Bertz CT molecular complexity index is 334. The first kappa shape index (κ1) is 15.6. The van der Waals surface area contributed by atoms with Crippen LogP contribution in [-0.2, 0) is 13.1 Å². The summed E-state index contributed by atoms with van der Waals surface area (Å²) in [4.78, 5) is 7.12. The molecule has 0 radical (unpaired) electrons. The quantitative estimate of drug-likeness (QED) is 0.786. The molecule has 0 saturated heterocycles. The van der Waals surface area contributed by atoms with Crippen LogP contribution in [0.5, 0.6) is 0 Å². The van der Waals surface area contributed by atoms with E-state index in [4.69, 9.17) is 4.98 Å². The van der Waals surface area contributed by atoms with E-state index >= 15 is 0 Å². The molecule has 1 aromatic heterocycles. The monoisotopic (exact) mass is 269 g/mol. The van der Waals surface area contributed by atoms with Crippen LogP contribution >= 0.6 is 11.3 Å². The van der Waals surface area contributed by atoms with Gasteiger partial charge >= 0.3 is 0 Å². The molecule has 18 heavy (non-hydrogen) atoms. The first-order chi connectivity index (χ1) is 8.52. The molecular weight excluding hydrogens is 242 g/mol. The lowest BCUT2D eigenvalue weighted by molar-refractivity contribution is 0.222. The summed E-state index contributed by atoms with van der Waals surface area (Å²) < 4.78 is 0. The van der Waals surface area contributed by atoms with Crippen molar-refractivity contribution in [2.24, 2.45) is 5.92 Å². The van der Waals surface area contributed by atoms with E-state index in [9.17, 15) is 0 Å². The Hall–Kier alpha value is -0.450. The van der Waals surface area contributed by atoms with Crippen LogP contribution in [0.2, 0.25) is 0 Å². The second kappa shape index (κ2) is 7.87. The van der Waals surface area contributed by atoms with Gasteiger partial charge in [-0.3, -0.25) is 4.90 Å². The smallest absolute Gasteiger partial charge is 0.107 e. The average Bonchev–Trinajstić information content (AvgIpc) is 2.72. The summed E-state index contributed by atoms with van der Waals surface area (Å²) in [5.74, 6) is 0.695. The van der Waals surface area contributed by atoms with Crippen LogP contribution in [0.1, 0.15) is 45.3 Å². The van der Waals surface area contributed by atoms with Crippen molar-refractivity contribution in [3.63, 3.8) is 0 Å². The second-order valence-corrected chi connectivity index (χ2v) is 6.36. The number of nitrogens with zero attached hydrogens (tertiary/aromatic N) is 2. The minimum atomic E-state index is 0.583. The topological polar surface area (TPSA) is 28.2 Å². The summed E-state index contributed by atoms with van der Waals surface area (Å²) in [7, 11) is 0. The van der Waals surface area contributed by atoms with Gasteiger partial charge in [0.2, 0.25) is 0 Å². The fourth-order valence-electron chi connectivity index (χ4n) is 1.84. The van der Waals surface area contributed by atoms with Gasteiger partial charge in [0.1, 0.15) is 5.01 Å². The van der Waals surface area contributed by atoms with E-state index in [0.29, 0.717) is 12.0 Å². The van der Waals surface area contributed by atoms with E-state index in [-0.39, 0.29) is 0 Å². The molecule has 0 aromatic carbocycles. The van der Waals surface area contributed by atoms with E-state index in [1.165, 1.54) is 10.7 Å². The van der Waals surface area contributed by atoms with E-state index in [1.54, 1.807) is 11.3 Å². The van der Waals surface area contributed by atoms with Gasteiger partial charge in [-0.15, -0.1) is 11.3 Å². The molecule has 0 fully saturated rings. The van der Waals surface area contributed by atoms with E-state index < -0.39 is 0 Å². The van der Waals surface area contributed by atoms with Gasteiger partial charge in [0.25, 0.3) is 0 Å². The summed E-state index contributed by atoms with van der Waals surface area (Å²) in [5.41, 5.74) is 1.21. The Labute approximate surface area is 116 Å². The Kier molecular flexibility index (Phi) is 6.82. The van der Waals surface area contributed by atoms with Gasteiger partial charge in [0, 0.05) is 24.5 Å².